The van der Waals surface area contributed by atoms with Crippen molar-refractivity contribution in [2.75, 3.05) is 6.79 Å². The third-order valence-electron chi connectivity index (χ3n) is 4.77. The number of carbonyl (C=O) groups is 1. The smallest absolute Gasteiger partial charge is 0.244 e. The molecule has 140 valence electrons. The molecule has 1 N–H and O–H groups in total. The molecule has 27 heavy (non-hydrogen) atoms. The van der Waals surface area contributed by atoms with Gasteiger partial charge in [0.05, 0.1) is 6.04 Å². The van der Waals surface area contributed by atoms with Crippen molar-refractivity contribution in [3.8, 4) is 17.2 Å². The van der Waals surface area contributed by atoms with E-state index >= 15 is 0 Å². The van der Waals surface area contributed by atoms with Gasteiger partial charge in [0.2, 0.25) is 12.7 Å². The number of hydrogen-bond acceptors (Lipinski definition) is 4. The van der Waals surface area contributed by atoms with Crippen LogP contribution >= 0.6 is 0 Å². The van der Waals surface area contributed by atoms with E-state index in [9.17, 15) is 4.79 Å². The number of amides is 1. The maximum absolute atomic E-state index is 12.5. The molecule has 0 fully saturated rings. The van der Waals surface area contributed by atoms with Crippen LogP contribution in [0.15, 0.2) is 42.5 Å². The SMILES string of the molecule is Cc1ccc2c(c1)OC(C)(C)CC2NC(=O)/C=C/c1ccc2c(c1)OCO2. The van der Waals surface area contributed by atoms with Crippen LogP contribution in [0.3, 0.4) is 0 Å². The second-order valence-corrected chi connectivity index (χ2v) is 7.61. The largest absolute Gasteiger partial charge is 0.487 e. The van der Waals surface area contributed by atoms with Gasteiger partial charge in [-0.3, -0.25) is 4.79 Å². The lowest BCUT2D eigenvalue weighted by Crippen LogP contribution is -2.40. The van der Waals surface area contributed by atoms with E-state index in [-0.39, 0.29) is 24.3 Å². The molecular weight excluding hydrogens is 342 g/mol. The van der Waals surface area contributed by atoms with Gasteiger partial charge in [0.15, 0.2) is 11.5 Å². The van der Waals surface area contributed by atoms with Gasteiger partial charge in [0, 0.05) is 18.1 Å². The molecule has 0 aromatic heterocycles. The van der Waals surface area contributed by atoms with Crippen LogP contribution < -0.4 is 19.5 Å². The van der Waals surface area contributed by atoms with Crippen LogP contribution in [0.1, 0.15) is 43.0 Å². The molecule has 0 saturated heterocycles. The molecule has 0 radical (unpaired) electrons. The molecule has 2 heterocycles. The molecule has 2 aromatic carbocycles. The van der Waals surface area contributed by atoms with Crippen LogP contribution in [0, 0.1) is 6.92 Å². The first-order chi connectivity index (χ1) is 12.9. The Morgan fingerprint density at radius 1 is 1.11 bits per heavy atom. The first-order valence-corrected chi connectivity index (χ1v) is 9.07. The highest BCUT2D eigenvalue weighted by Gasteiger charge is 2.34. The van der Waals surface area contributed by atoms with Crippen molar-refractivity contribution >= 4 is 12.0 Å². The number of rotatable bonds is 3. The van der Waals surface area contributed by atoms with Crippen molar-refractivity contribution in [1.82, 2.24) is 5.32 Å². The van der Waals surface area contributed by atoms with E-state index < -0.39 is 0 Å². The lowest BCUT2D eigenvalue weighted by atomic mass is 9.89. The summed E-state index contributed by atoms with van der Waals surface area (Å²) < 4.78 is 16.8. The van der Waals surface area contributed by atoms with Crippen molar-refractivity contribution in [2.24, 2.45) is 0 Å². The van der Waals surface area contributed by atoms with E-state index in [1.165, 1.54) is 0 Å². The second kappa shape index (κ2) is 6.65. The van der Waals surface area contributed by atoms with E-state index in [2.05, 4.69) is 5.32 Å². The Bertz CT molecular complexity index is 917. The normalized spacial score (nSPS) is 19.4. The standard InChI is InChI=1S/C22H23NO4/c1-14-4-7-16-17(12-22(2,3)27-19(16)10-14)23-21(24)9-6-15-5-8-18-20(11-15)26-13-25-18/h4-11,17H,12-13H2,1-3H3,(H,23,24)/b9-6+. The number of aryl methyl sites for hydroxylation is 1. The lowest BCUT2D eigenvalue weighted by Gasteiger charge is -2.38. The van der Waals surface area contributed by atoms with Crippen LogP contribution in [0.5, 0.6) is 17.2 Å². The molecule has 5 heteroatoms. The van der Waals surface area contributed by atoms with E-state index in [1.54, 1.807) is 12.2 Å². The van der Waals surface area contributed by atoms with Crippen molar-refractivity contribution in [1.29, 1.82) is 0 Å². The van der Waals surface area contributed by atoms with E-state index in [0.717, 1.165) is 28.2 Å². The van der Waals surface area contributed by atoms with Gasteiger partial charge in [-0.1, -0.05) is 18.2 Å². The maximum Gasteiger partial charge on any atom is 0.244 e. The van der Waals surface area contributed by atoms with E-state index in [4.69, 9.17) is 14.2 Å². The van der Waals surface area contributed by atoms with Crippen molar-refractivity contribution in [3.63, 3.8) is 0 Å². The van der Waals surface area contributed by atoms with Gasteiger partial charge in [-0.05, 0) is 56.2 Å². The minimum atomic E-state index is -0.334. The van der Waals surface area contributed by atoms with Gasteiger partial charge in [-0.25, -0.2) is 0 Å². The Labute approximate surface area is 158 Å². The summed E-state index contributed by atoms with van der Waals surface area (Å²) in [4.78, 5) is 12.5. The number of hydrogen-bond donors (Lipinski definition) is 1. The zero-order valence-electron chi connectivity index (χ0n) is 15.7. The zero-order chi connectivity index (χ0) is 19.0. The van der Waals surface area contributed by atoms with Crippen molar-refractivity contribution in [3.05, 3.63) is 59.2 Å². The molecule has 1 unspecified atom stereocenters. The molecule has 1 amide bonds. The monoisotopic (exact) mass is 365 g/mol. The lowest BCUT2D eigenvalue weighted by molar-refractivity contribution is -0.117. The number of ether oxygens (including phenoxy) is 3. The van der Waals surface area contributed by atoms with Crippen LogP contribution in [-0.4, -0.2) is 18.3 Å². The Morgan fingerprint density at radius 3 is 2.78 bits per heavy atom. The topological polar surface area (TPSA) is 56.8 Å². The first kappa shape index (κ1) is 17.5. The minimum absolute atomic E-state index is 0.0850. The van der Waals surface area contributed by atoms with Crippen LogP contribution in [0.2, 0.25) is 0 Å². The third-order valence-corrected chi connectivity index (χ3v) is 4.77. The average Bonchev–Trinajstić information content (AvgIpc) is 3.06. The molecular formula is C22H23NO4. The fourth-order valence-corrected chi connectivity index (χ4v) is 3.50. The summed E-state index contributed by atoms with van der Waals surface area (Å²) in [5.41, 5.74) is 2.71. The highest BCUT2D eigenvalue weighted by atomic mass is 16.7. The molecule has 2 aliphatic heterocycles. The molecule has 2 aliphatic rings. The van der Waals surface area contributed by atoms with Gasteiger partial charge >= 0.3 is 0 Å². The third kappa shape index (κ3) is 3.77. The maximum atomic E-state index is 12.5. The summed E-state index contributed by atoms with van der Waals surface area (Å²) in [6.07, 6.45) is 4.04. The van der Waals surface area contributed by atoms with Crippen LogP contribution in [0.4, 0.5) is 0 Å². The molecule has 2 aromatic rings. The predicted molar refractivity (Wildman–Crippen MR) is 103 cm³/mol. The van der Waals surface area contributed by atoms with Crippen molar-refractivity contribution in [2.45, 2.75) is 38.8 Å². The molecule has 5 nitrogen and oxygen atoms in total. The molecule has 0 bridgehead atoms. The highest BCUT2D eigenvalue weighted by molar-refractivity contribution is 5.92. The summed E-state index contributed by atoms with van der Waals surface area (Å²) in [6, 6.07) is 11.6. The fraction of sp³-hybridized carbons (Fsp3) is 0.318. The average molecular weight is 365 g/mol. The predicted octanol–water partition coefficient (Wildman–Crippen LogP) is 4.16. The first-order valence-electron chi connectivity index (χ1n) is 9.07. The summed E-state index contributed by atoms with van der Waals surface area (Å²) in [5.74, 6) is 2.14. The fourth-order valence-electron chi connectivity index (χ4n) is 3.50. The summed E-state index contributed by atoms with van der Waals surface area (Å²) in [7, 11) is 0. The quantitative estimate of drug-likeness (QED) is 0.830. The second-order valence-electron chi connectivity index (χ2n) is 7.61. The number of nitrogens with one attached hydrogen (secondary N) is 1. The Morgan fingerprint density at radius 2 is 1.93 bits per heavy atom. The summed E-state index contributed by atoms with van der Waals surface area (Å²) in [6.45, 7) is 6.36. The Hall–Kier alpha value is -2.95. The van der Waals surface area contributed by atoms with E-state index in [0.29, 0.717) is 12.2 Å². The molecule has 0 aliphatic carbocycles. The summed E-state index contributed by atoms with van der Waals surface area (Å²) >= 11 is 0. The number of fused-ring (bicyclic) bond motifs is 2. The van der Waals surface area contributed by atoms with Crippen LogP contribution in [0.25, 0.3) is 6.08 Å². The number of benzene rings is 2. The van der Waals surface area contributed by atoms with E-state index in [1.807, 2.05) is 57.2 Å². The minimum Gasteiger partial charge on any atom is -0.487 e. The van der Waals surface area contributed by atoms with Crippen molar-refractivity contribution < 1.29 is 19.0 Å². The Balaban J connectivity index is 1.49. The molecule has 0 spiro atoms. The van der Waals surface area contributed by atoms with Gasteiger partial charge in [0.1, 0.15) is 11.4 Å². The van der Waals surface area contributed by atoms with Gasteiger partial charge in [-0.15, -0.1) is 0 Å². The Kier molecular flexibility index (Phi) is 4.30. The molecule has 0 saturated carbocycles. The summed E-state index contributed by atoms with van der Waals surface area (Å²) in [5, 5.41) is 3.11. The van der Waals surface area contributed by atoms with Crippen LogP contribution in [-0.2, 0) is 4.79 Å². The highest BCUT2D eigenvalue weighted by Crippen LogP contribution is 2.40. The van der Waals surface area contributed by atoms with Gasteiger partial charge < -0.3 is 19.5 Å². The zero-order valence-corrected chi connectivity index (χ0v) is 15.7. The van der Waals surface area contributed by atoms with Gasteiger partial charge in [-0.2, -0.15) is 0 Å². The van der Waals surface area contributed by atoms with Gasteiger partial charge in [0.25, 0.3) is 0 Å². The number of carbonyl (C=O) groups excluding carboxylic acids is 1. The molecule has 1 atom stereocenters. The molecule has 4 rings (SSSR count).